The highest BCUT2D eigenvalue weighted by Crippen LogP contribution is 2.18. The van der Waals surface area contributed by atoms with Crippen molar-refractivity contribution in [2.24, 2.45) is 7.05 Å². The Morgan fingerprint density at radius 2 is 2.30 bits per heavy atom. The summed E-state index contributed by atoms with van der Waals surface area (Å²) in [6.45, 7) is 3.76. The van der Waals surface area contributed by atoms with Crippen LogP contribution >= 0.6 is 0 Å². The minimum atomic E-state index is -0.869. The number of carbonyl (C=O) groups excluding carboxylic acids is 1. The van der Waals surface area contributed by atoms with Gasteiger partial charge in [-0.25, -0.2) is 4.79 Å². The largest absolute Gasteiger partial charge is 0.467 e. The number of hydrogen-bond acceptors (Lipinski definition) is 4. The van der Waals surface area contributed by atoms with E-state index in [1.807, 2.05) is 20.9 Å². The van der Waals surface area contributed by atoms with Crippen molar-refractivity contribution in [1.82, 2.24) is 15.1 Å². The number of hydrogen-bond donors (Lipinski definition) is 3. The molecule has 20 heavy (non-hydrogen) atoms. The monoisotopic (exact) mass is 278 g/mol. The van der Waals surface area contributed by atoms with E-state index in [4.69, 9.17) is 4.42 Å². The average molecular weight is 278 g/mol. The maximum atomic E-state index is 11.8. The first-order valence-corrected chi connectivity index (χ1v) is 6.25. The Labute approximate surface area is 116 Å². The molecule has 2 heterocycles. The molecule has 0 aliphatic rings. The molecule has 0 radical (unpaired) electrons. The summed E-state index contributed by atoms with van der Waals surface area (Å²) in [6.07, 6.45) is 0.605. The second kappa shape index (κ2) is 5.79. The molecule has 3 N–H and O–H groups in total. The molecule has 0 aliphatic carbocycles. The molecule has 0 aliphatic heterocycles. The van der Waals surface area contributed by atoms with Gasteiger partial charge in [-0.3, -0.25) is 4.68 Å². The first-order chi connectivity index (χ1) is 9.49. The molecule has 0 saturated heterocycles. The molecule has 0 spiro atoms. The van der Waals surface area contributed by atoms with E-state index in [-0.39, 0.29) is 6.54 Å². The number of aliphatic hydroxyl groups is 1. The van der Waals surface area contributed by atoms with Crippen molar-refractivity contribution in [3.05, 3.63) is 35.5 Å². The topological polar surface area (TPSA) is 92.3 Å². The van der Waals surface area contributed by atoms with Crippen LogP contribution in [0.25, 0.3) is 0 Å². The smallest absolute Gasteiger partial charge is 0.319 e. The van der Waals surface area contributed by atoms with Gasteiger partial charge in [0.25, 0.3) is 0 Å². The van der Waals surface area contributed by atoms with Crippen LogP contribution < -0.4 is 10.6 Å². The third kappa shape index (κ3) is 3.00. The number of furan rings is 1. The van der Waals surface area contributed by atoms with Gasteiger partial charge in [0.15, 0.2) is 0 Å². The molecule has 0 bridgehead atoms. The first kappa shape index (κ1) is 14.1. The predicted octanol–water partition coefficient (Wildman–Crippen LogP) is 1.49. The Balaban J connectivity index is 1.90. The Morgan fingerprint density at radius 3 is 2.85 bits per heavy atom. The molecule has 108 valence electrons. The lowest BCUT2D eigenvalue weighted by Crippen LogP contribution is -2.32. The highest BCUT2D eigenvalue weighted by atomic mass is 16.4. The van der Waals surface area contributed by atoms with E-state index < -0.39 is 12.1 Å². The SMILES string of the molecule is Cc1nn(C)c(C)c1NC(=O)NCC(O)c1ccco1. The zero-order valence-electron chi connectivity index (χ0n) is 11.7. The lowest BCUT2D eigenvalue weighted by atomic mass is 10.3. The van der Waals surface area contributed by atoms with Crippen LogP contribution in [-0.2, 0) is 7.05 Å². The Hall–Kier alpha value is -2.28. The normalized spacial score (nSPS) is 12.2. The van der Waals surface area contributed by atoms with E-state index >= 15 is 0 Å². The van der Waals surface area contributed by atoms with E-state index in [1.165, 1.54) is 6.26 Å². The van der Waals surface area contributed by atoms with Gasteiger partial charge in [-0.2, -0.15) is 5.10 Å². The summed E-state index contributed by atoms with van der Waals surface area (Å²) in [5, 5.41) is 19.3. The summed E-state index contributed by atoms with van der Waals surface area (Å²) in [6, 6.07) is 2.94. The summed E-state index contributed by atoms with van der Waals surface area (Å²) in [4.78, 5) is 11.8. The Bertz CT molecular complexity index is 589. The zero-order chi connectivity index (χ0) is 14.7. The van der Waals surface area contributed by atoms with Gasteiger partial charge in [0.05, 0.1) is 29.9 Å². The standard InChI is InChI=1S/C13H18N4O3/c1-8-12(9(2)17(3)16-8)15-13(19)14-7-10(18)11-5-4-6-20-11/h4-6,10,18H,7H2,1-3H3,(H2,14,15,19). The van der Waals surface area contributed by atoms with Crippen molar-refractivity contribution in [2.75, 3.05) is 11.9 Å². The quantitative estimate of drug-likeness (QED) is 0.790. The number of nitrogens with one attached hydrogen (secondary N) is 2. The molecule has 2 rings (SSSR count). The van der Waals surface area contributed by atoms with Gasteiger partial charge in [0.2, 0.25) is 0 Å². The highest BCUT2D eigenvalue weighted by molar-refractivity contribution is 5.90. The number of aromatic nitrogens is 2. The van der Waals surface area contributed by atoms with Crippen LogP contribution in [0.2, 0.25) is 0 Å². The molecule has 2 aromatic rings. The molecule has 7 heteroatoms. The maximum absolute atomic E-state index is 11.8. The average Bonchev–Trinajstić information content (AvgIpc) is 3.01. The van der Waals surface area contributed by atoms with Crippen LogP contribution in [0.1, 0.15) is 23.3 Å². The molecule has 1 atom stereocenters. The summed E-state index contributed by atoms with van der Waals surface area (Å²) < 4.78 is 6.75. The predicted molar refractivity (Wildman–Crippen MR) is 73.4 cm³/mol. The van der Waals surface area contributed by atoms with E-state index in [0.29, 0.717) is 11.4 Å². The minimum Gasteiger partial charge on any atom is -0.467 e. The molecular formula is C13H18N4O3. The molecule has 2 amide bonds. The number of anilines is 1. The van der Waals surface area contributed by atoms with E-state index in [2.05, 4.69) is 15.7 Å². The van der Waals surface area contributed by atoms with Crippen molar-refractivity contribution in [1.29, 1.82) is 0 Å². The van der Waals surface area contributed by atoms with Crippen molar-refractivity contribution in [3.63, 3.8) is 0 Å². The third-order valence-electron chi connectivity index (χ3n) is 3.08. The lowest BCUT2D eigenvalue weighted by molar-refractivity contribution is 0.149. The minimum absolute atomic E-state index is 0.0672. The zero-order valence-corrected chi connectivity index (χ0v) is 11.7. The summed E-state index contributed by atoms with van der Waals surface area (Å²) >= 11 is 0. The van der Waals surface area contributed by atoms with E-state index in [0.717, 1.165) is 11.4 Å². The molecule has 0 saturated carbocycles. The summed E-state index contributed by atoms with van der Waals surface area (Å²) in [7, 11) is 1.81. The van der Waals surface area contributed by atoms with Crippen molar-refractivity contribution in [3.8, 4) is 0 Å². The second-order valence-corrected chi connectivity index (χ2v) is 4.54. The number of nitrogens with zero attached hydrogens (tertiary/aromatic N) is 2. The molecule has 0 fully saturated rings. The van der Waals surface area contributed by atoms with Crippen molar-refractivity contribution >= 4 is 11.7 Å². The number of rotatable bonds is 4. The van der Waals surface area contributed by atoms with Gasteiger partial charge in [0.1, 0.15) is 11.9 Å². The number of carbonyl (C=O) groups is 1. The number of aryl methyl sites for hydroxylation is 2. The Kier molecular flexibility index (Phi) is 4.09. The van der Waals surface area contributed by atoms with Crippen LogP contribution in [0, 0.1) is 13.8 Å². The van der Waals surface area contributed by atoms with E-state index in [9.17, 15) is 9.90 Å². The molecule has 1 unspecified atom stereocenters. The molecule has 7 nitrogen and oxygen atoms in total. The Morgan fingerprint density at radius 1 is 1.55 bits per heavy atom. The number of urea groups is 1. The van der Waals surface area contributed by atoms with Gasteiger partial charge in [-0.15, -0.1) is 0 Å². The van der Waals surface area contributed by atoms with Crippen molar-refractivity contribution in [2.45, 2.75) is 20.0 Å². The van der Waals surface area contributed by atoms with Gasteiger partial charge in [-0.1, -0.05) is 0 Å². The van der Waals surface area contributed by atoms with Crippen LogP contribution in [0.5, 0.6) is 0 Å². The first-order valence-electron chi connectivity index (χ1n) is 6.25. The van der Waals surface area contributed by atoms with Crippen molar-refractivity contribution < 1.29 is 14.3 Å². The fourth-order valence-electron chi connectivity index (χ4n) is 1.88. The van der Waals surface area contributed by atoms with Gasteiger partial charge in [-0.05, 0) is 26.0 Å². The third-order valence-corrected chi connectivity index (χ3v) is 3.08. The molecule has 2 aromatic heterocycles. The van der Waals surface area contributed by atoms with Gasteiger partial charge < -0.3 is 20.2 Å². The van der Waals surface area contributed by atoms with E-state index in [1.54, 1.807) is 16.8 Å². The summed E-state index contributed by atoms with van der Waals surface area (Å²) in [5.41, 5.74) is 2.29. The van der Waals surface area contributed by atoms with Crippen LogP contribution in [0.4, 0.5) is 10.5 Å². The fourth-order valence-corrected chi connectivity index (χ4v) is 1.88. The molecule has 0 aromatic carbocycles. The maximum Gasteiger partial charge on any atom is 0.319 e. The fraction of sp³-hybridized carbons (Fsp3) is 0.385. The van der Waals surface area contributed by atoms with Crippen LogP contribution in [0.3, 0.4) is 0 Å². The van der Waals surface area contributed by atoms with Gasteiger partial charge >= 0.3 is 6.03 Å². The number of aliphatic hydroxyl groups excluding tert-OH is 1. The highest BCUT2D eigenvalue weighted by Gasteiger charge is 2.14. The van der Waals surface area contributed by atoms with Crippen LogP contribution in [-0.4, -0.2) is 27.5 Å². The lowest BCUT2D eigenvalue weighted by Gasteiger charge is -2.11. The number of amides is 2. The van der Waals surface area contributed by atoms with Gasteiger partial charge in [0, 0.05) is 7.05 Å². The molecular weight excluding hydrogens is 260 g/mol. The van der Waals surface area contributed by atoms with Crippen LogP contribution in [0.15, 0.2) is 22.8 Å². The summed E-state index contributed by atoms with van der Waals surface area (Å²) in [5.74, 6) is 0.416. The second-order valence-electron chi connectivity index (χ2n) is 4.54.